The van der Waals surface area contributed by atoms with Crippen LogP contribution in [0.25, 0.3) is 0 Å². The molecule has 2 N–H and O–H groups in total. The molecule has 0 aliphatic carbocycles. The van der Waals surface area contributed by atoms with Crippen molar-refractivity contribution < 1.29 is 14.7 Å². The van der Waals surface area contributed by atoms with Gasteiger partial charge in [0.15, 0.2) is 5.78 Å². The fraction of sp³-hybridized carbons (Fsp3) is 0.263. The molecule has 1 saturated heterocycles. The van der Waals surface area contributed by atoms with Gasteiger partial charge in [0.1, 0.15) is 6.04 Å². The Morgan fingerprint density at radius 3 is 1.78 bits per heavy atom. The first-order valence-electron chi connectivity index (χ1n) is 7.79. The van der Waals surface area contributed by atoms with Crippen molar-refractivity contribution in [2.75, 3.05) is 0 Å². The van der Waals surface area contributed by atoms with Crippen LogP contribution in [0.4, 0.5) is 0 Å². The highest BCUT2D eigenvalue weighted by Gasteiger charge is 2.36. The van der Waals surface area contributed by atoms with Gasteiger partial charge in [-0.25, -0.2) is 0 Å². The summed E-state index contributed by atoms with van der Waals surface area (Å²) in [5.74, 6) is -1.23. The summed E-state index contributed by atoms with van der Waals surface area (Å²) in [5.41, 5.74) is 1.87. The first-order valence-corrected chi connectivity index (χ1v) is 7.79. The van der Waals surface area contributed by atoms with Crippen LogP contribution >= 0.6 is 0 Å². The zero-order valence-corrected chi connectivity index (χ0v) is 12.7. The number of benzene rings is 2. The van der Waals surface area contributed by atoms with Crippen molar-refractivity contribution in [2.45, 2.75) is 30.8 Å². The lowest BCUT2D eigenvalue weighted by Crippen LogP contribution is -2.41. The first kappa shape index (κ1) is 15.4. The van der Waals surface area contributed by atoms with Gasteiger partial charge in [0.2, 0.25) is 0 Å². The molecule has 0 radical (unpaired) electrons. The fourth-order valence-electron chi connectivity index (χ4n) is 3.18. The van der Waals surface area contributed by atoms with Crippen molar-refractivity contribution in [3.63, 3.8) is 0 Å². The summed E-state index contributed by atoms with van der Waals surface area (Å²) in [7, 11) is 0. The second kappa shape index (κ2) is 6.75. The van der Waals surface area contributed by atoms with Crippen molar-refractivity contribution in [1.82, 2.24) is 5.32 Å². The van der Waals surface area contributed by atoms with Crippen LogP contribution in [0.3, 0.4) is 0 Å². The molecule has 1 aliphatic rings. The molecule has 0 aromatic heterocycles. The van der Waals surface area contributed by atoms with Crippen molar-refractivity contribution >= 4 is 11.8 Å². The molecule has 2 atom stereocenters. The molecule has 23 heavy (non-hydrogen) atoms. The molecule has 0 spiro atoms. The van der Waals surface area contributed by atoms with Crippen LogP contribution in [0.5, 0.6) is 0 Å². The standard InChI is InChI=1S/C19H19NO3/c21-18(15-11-12-16(20-15)19(22)23)17(13-7-3-1-4-8-13)14-9-5-2-6-10-14/h1-10,15-17,20H,11-12H2,(H,22,23)/t15-,16+/m1/s1. The number of carboxylic acids is 1. The fourth-order valence-corrected chi connectivity index (χ4v) is 3.18. The van der Waals surface area contributed by atoms with Gasteiger partial charge in [0.25, 0.3) is 0 Å². The van der Waals surface area contributed by atoms with Crippen LogP contribution in [-0.4, -0.2) is 28.9 Å². The molecule has 4 nitrogen and oxygen atoms in total. The quantitative estimate of drug-likeness (QED) is 0.891. The number of ketones is 1. The van der Waals surface area contributed by atoms with Gasteiger partial charge in [-0.15, -0.1) is 0 Å². The maximum Gasteiger partial charge on any atom is 0.320 e. The smallest absolute Gasteiger partial charge is 0.320 e. The minimum Gasteiger partial charge on any atom is -0.480 e. The van der Waals surface area contributed by atoms with E-state index in [2.05, 4.69) is 5.32 Å². The van der Waals surface area contributed by atoms with Gasteiger partial charge in [-0.1, -0.05) is 60.7 Å². The Labute approximate surface area is 135 Å². The van der Waals surface area contributed by atoms with E-state index in [-0.39, 0.29) is 11.7 Å². The Morgan fingerprint density at radius 2 is 1.35 bits per heavy atom. The minimum atomic E-state index is -0.892. The van der Waals surface area contributed by atoms with Gasteiger partial charge in [0, 0.05) is 0 Å². The number of carbonyl (C=O) groups is 2. The molecule has 0 bridgehead atoms. The van der Waals surface area contributed by atoms with Gasteiger partial charge < -0.3 is 5.11 Å². The van der Waals surface area contributed by atoms with Crippen LogP contribution in [-0.2, 0) is 9.59 Å². The summed E-state index contributed by atoms with van der Waals surface area (Å²) in [6.07, 6.45) is 1.05. The highest BCUT2D eigenvalue weighted by Crippen LogP contribution is 2.29. The lowest BCUT2D eigenvalue weighted by Gasteiger charge is -2.21. The molecule has 1 aliphatic heterocycles. The van der Waals surface area contributed by atoms with Crippen LogP contribution in [0.1, 0.15) is 29.9 Å². The molecular weight excluding hydrogens is 290 g/mol. The number of aliphatic carboxylic acids is 1. The van der Waals surface area contributed by atoms with E-state index in [0.717, 1.165) is 11.1 Å². The number of hydrogen-bond donors (Lipinski definition) is 2. The van der Waals surface area contributed by atoms with E-state index in [9.17, 15) is 9.59 Å². The monoisotopic (exact) mass is 309 g/mol. The van der Waals surface area contributed by atoms with Gasteiger partial charge >= 0.3 is 5.97 Å². The van der Waals surface area contributed by atoms with Gasteiger partial charge in [-0.3, -0.25) is 14.9 Å². The molecule has 0 unspecified atom stereocenters. The predicted octanol–water partition coefficient (Wildman–Crippen LogP) is 2.59. The number of nitrogens with one attached hydrogen (secondary N) is 1. The second-order valence-electron chi connectivity index (χ2n) is 5.84. The van der Waals surface area contributed by atoms with Gasteiger partial charge in [-0.05, 0) is 24.0 Å². The van der Waals surface area contributed by atoms with E-state index >= 15 is 0 Å². The Kier molecular flexibility index (Phi) is 4.53. The zero-order chi connectivity index (χ0) is 16.2. The molecule has 0 amide bonds. The number of carboxylic acid groups (broad SMARTS) is 1. The third kappa shape index (κ3) is 3.32. The maximum atomic E-state index is 13.1. The number of carbonyl (C=O) groups excluding carboxylic acids is 1. The Morgan fingerprint density at radius 1 is 0.870 bits per heavy atom. The highest BCUT2D eigenvalue weighted by atomic mass is 16.4. The molecule has 2 aromatic carbocycles. The van der Waals surface area contributed by atoms with Crippen LogP contribution in [0.2, 0.25) is 0 Å². The summed E-state index contributed by atoms with van der Waals surface area (Å²) in [5, 5.41) is 12.1. The van der Waals surface area contributed by atoms with Crippen LogP contribution in [0.15, 0.2) is 60.7 Å². The first-order chi connectivity index (χ1) is 11.2. The summed E-state index contributed by atoms with van der Waals surface area (Å²) >= 11 is 0. The van der Waals surface area contributed by atoms with Crippen molar-refractivity contribution in [3.05, 3.63) is 71.8 Å². The number of rotatable bonds is 5. The van der Waals surface area contributed by atoms with Crippen molar-refractivity contribution in [2.24, 2.45) is 0 Å². The molecule has 2 aromatic rings. The van der Waals surface area contributed by atoms with Crippen molar-refractivity contribution in [1.29, 1.82) is 0 Å². The number of Topliss-reactive ketones (excluding diaryl/α,β-unsaturated/α-hetero) is 1. The Bertz CT molecular complexity index is 645. The molecule has 0 saturated carbocycles. The SMILES string of the molecule is O=C(O)[C@@H]1CC[C@H](C(=O)C(c2ccccc2)c2ccccc2)N1. The average Bonchev–Trinajstić information content (AvgIpc) is 3.07. The largest absolute Gasteiger partial charge is 0.480 e. The predicted molar refractivity (Wildman–Crippen MR) is 87.3 cm³/mol. The molecular formula is C19H19NO3. The maximum absolute atomic E-state index is 13.1. The van der Waals surface area contributed by atoms with E-state index in [1.54, 1.807) is 0 Å². The van der Waals surface area contributed by atoms with E-state index < -0.39 is 18.1 Å². The lowest BCUT2D eigenvalue weighted by atomic mass is 9.84. The third-order valence-corrected chi connectivity index (χ3v) is 4.34. The average molecular weight is 309 g/mol. The summed E-state index contributed by atoms with van der Waals surface area (Å²) in [4.78, 5) is 24.2. The van der Waals surface area contributed by atoms with Gasteiger partial charge in [-0.2, -0.15) is 0 Å². The lowest BCUT2D eigenvalue weighted by molar-refractivity contribution is -0.139. The van der Waals surface area contributed by atoms with E-state index in [4.69, 9.17) is 5.11 Å². The third-order valence-electron chi connectivity index (χ3n) is 4.34. The molecule has 4 heteroatoms. The summed E-state index contributed by atoms with van der Waals surface area (Å²) < 4.78 is 0. The highest BCUT2D eigenvalue weighted by molar-refractivity contribution is 5.94. The zero-order valence-electron chi connectivity index (χ0n) is 12.7. The van der Waals surface area contributed by atoms with E-state index in [1.807, 2.05) is 60.7 Å². The molecule has 1 heterocycles. The van der Waals surface area contributed by atoms with Crippen LogP contribution in [0, 0.1) is 0 Å². The summed E-state index contributed by atoms with van der Waals surface area (Å²) in [6, 6.07) is 18.2. The number of hydrogen-bond acceptors (Lipinski definition) is 3. The van der Waals surface area contributed by atoms with Crippen molar-refractivity contribution in [3.8, 4) is 0 Å². The second-order valence-corrected chi connectivity index (χ2v) is 5.84. The topological polar surface area (TPSA) is 66.4 Å². The summed E-state index contributed by atoms with van der Waals surface area (Å²) in [6.45, 7) is 0. The van der Waals surface area contributed by atoms with E-state index in [0.29, 0.717) is 12.8 Å². The molecule has 1 fully saturated rings. The van der Waals surface area contributed by atoms with Crippen LogP contribution < -0.4 is 5.32 Å². The molecule has 118 valence electrons. The van der Waals surface area contributed by atoms with Gasteiger partial charge in [0.05, 0.1) is 12.0 Å². The normalized spacial score (nSPS) is 20.6. The molecule has 3 rings (SSSR count). The Hall–Kier alpha value is -2.46. The Balaban J connectivity index is 1.90. The van der Waals surface area contributed by atoms with E-state index in [1.165, 1.54) is 0 Å². The minimum absolute atomic E-state index is 0.0335.